The van der Waals surface area contributed by atoms with Crippen molar-refractivity contribution in [2.45, 2.75) is 71.4 Å². The highest BCUT2D eigenvalue weighted by molar-refractivity contribution is 6.30. The predicted octanol–water partition coefficient (Wildman–Crippen LogP) is 7.61. The number of carbonyl (C=O) groups excluding carboxylic acids is 1. The maximum absolute atomic E-state index is 11.6. The van der Waals surface area contributed by atoms with E-state index in [1.54, 1.807) is 12.1 Å². The lowest BCUT2D eigenvalue weighted by molar-refractivity contribution is -0.763. The minimum Gasteiger partial charge on any atom is -0.493 e. The third kappa shape index (κ3) is 14.4. The maximum Gasteiger partial charge on any atom is 0.294 e. The van der Waals surface area contributed by atoms with Gasteiger partial charge in [-0.05, 0) is 74.3 Å². The Morgan fingerprint density at radius 2 is 1.84 bits per heavy atom. The first-order chi connectivity index (χ1) is 18.5. The van der Waals surface area contributed by atoms with Crippen LogP contribution in [0.4, 0.5) is 0 Å². The number of unbranched alkanes of at least 4 members (excludes halogenated alkanes) is 1. The van der Waals surface area contributed by atoms with E-state index < -0.39 is 5.09 Å². The van der Waals surface area contributed by atoms with Gasteiger partial charge in [-0.1, -0.05) is 79.1 Å². The molecule has 0 aliphatic heterocycles. The van der Waals surface area contributed by atoms with Crippen molar-refractivity contribution >= 4 is 17.5 Å². The van der Waals surface area contributed by atoms with Gasteiger partial charge in [-0.3, -0.25) is 4.79 Å². The summed E-state index contributed by atoms with van der Waals surface area (Å²) in [6.45, 7) is 3.08. The molecular formula is C30H39ClN2O5. The average molecular weight is 543 g/mol. The molecule has 1 amide bonds. The van der Waals surface area contributed by atoms with Crippen LogP contribution < -0.4 is 10.1 Å². The lowest BCUT2D eigenvalue weighted by Gasteiger charge is -2.06. The fourth-order valence-electron chi connectivity index (χ4n) is 3.96. The molecule has 0 aromatic heterocycles. The van der Waals surface area contributed by atoms with Gasteiger partial charge < -0.3 is 14.9 Å². The van der Waals surface area contributed by atoms with E-state index in [4.69, 9.17) is 16.3 Å². The molecule has 0 saturated heterocycles. The predicted molar refractivity (Wildman–Crippen MR) is 151 cm³/mol. The van der Waals surface area contributed by atoms with Gasteiger partial charge in [0, 0.05) is 18.0 Å². The topological polar surface area (TPSA) is 90.7 Å². The van der Waals surface area contributed by atoms with E-state index in [-0.39, 0.29) is 12.5 Å². The zero-order valence-electron chi connectivity index (χ0n) is 22.2. The van der Waals surface area contributed by atoms with Crippen molar-refractivity contribution in [2.24, 2.45) is 5.92 Å². The molecule has 8 heteroatoms. The molecule has 0 unspecified atom stereocenters. The van der Waals surface area contributed by atoms with Crippen LogP contribution >= 0.6 is 11.6 Å². The molecule has 0 radical (unpaired) electrons. The van der Waals surface area contributed by atoms with Crippen molar-refractivity contribution in [1.29, 1.82) is 0 Å². The summed E-state index contributed by atoms with van der Waals surface area (Å²) in [5.41, 5.74) is 1.66. The summed E-state index contributed by atoms with van der Waals surface area (Å²) < 4.78 is 5.62. The van der Waals surface area contributed by atoms with Gasteiger partial charge in [0.05, 0.1) is 6.61 Å². The summed E-state index contributed by atoms with van der Waals surface area (Å²) in [6, 6.07) is 14.7. The van der Waals surface area contributed by atoms with E-state index in [9.17, 15) is 14.9 Å². The molecule has 0 heterocycles. The van der Waals surface area contributed by atoms with E-state index in [0.29, 0.717) is 18.5 Å². The Kier molecular flexibility index (Phi) is 15.3. The molecule has 38 heavy (non-hydrogen) atoms. The molecule has 2 aromatic rings. The number of benzene rings is 2. The number of nitrogens with zero attached hydrogens (tertiary/aromatic N) is 1. The number of halogens is 1. The second-order valence-corrected chi connectivity index (χ2v) is 9.56. The van der Waals surface area contributed by atoms with Gasteiger partial charge in [0.25, 0.3) is 5.09 Å². The summed E-state index contributed by atoms with van der Waals surface area (Å²) >= 11 is 5.88. The summed E-state index contributed by atoms with van der Waals surface area (Å²) in [7, 11) is 0. The Labute approximate surface area is 231 Å². The lowest BCUT2D eigenvalue weighted by atomic mass is 10.1. The highest BCUT2D eigenvalue weighted by Crippen LogP contribution is 2.25. The van der Waals surface area contributed by atoms with Crippen molar-refractivity contribution in [3.05, 3.63) is 99.1 Å². The molecule has 1 fully saturated rings. The Morgan fingerprint density at radius 3 is 2.53 bits per heavy atom. The van der Waals surface area contributed by atoms with E-state index >= 15 is 0 Å². The first-order valence-electron chi connectivity index (χ1n) is 13.2. The van der Waals surface area contributed by atoms with E-state index in [0.717, 1.165) is 48.1 Å². The molecule has 0 atom stereocenters. The standard InChI is InChI=1S/C15H19ClO.C15H20N2O4/c16-14-9-5-10-15(12-14)17-11-4-3-8-13-6-1-2-7-13;1-2-3-4-5-6-15(18)16-11-13-7-9-14(10-8-13)12-21-17(19)20/h3,5,8-10,12-13H,1-2,4,6-7,11H2;2-3,7-10H,4-6,11-12H2,1H3,(H,16,18)/b8-3+;3-2-. The van der Waals surface area contributed by atoms with Crippen molar-refractivity contribution in [2.75, 3.05) is 6.61 Å². The molecule has 1 aliphatic carbocycles. The zero-order valence-corrected chi connectivity index (χ0v) is 22.9. The lowest BCUT2D eigenvalue weighted by Crippen LogP contribution is -2.22. The van der Waals surface area contributed by atoms with Gasteiger partial charge >= 0.3 is 0 Å². The van der Waals surface area contributed by atoms with Crippen LogP contribution in [0.1, 0.15) is 69.4 Å². The van der Waals surface area contributed by atoms with Gasteiger partial charge in [-0.2, -0.15) is 0 Å². The quantitative estimate of drug-likeness (QED) is 0.115. The first-order valence-corrected chi connectivity index (χ1v) is 13.6. The Hall–Kier alpha value is -3.32. The Bertz CT molecular complexity index is 1020. The van der Waals surface area contributed by atoms with Crippen molar-refractivity contribution < 1.29 is 19.5 Å². The summed E-state index contributed by atoms with van der Waals surface area (Å²) in [6.07, 6.45) is 17.4. The fourth-order valence-corrected chi connectivity index (χ4v) is 4.14. The smallest absolute Gasteiger partial charge is 0.294 e. The number of ether oxygens (including phenoxy) is 1. The molecule has 7 nitrogen and oxygen atoms in total. The molecule has 1 aliphatic rings. The van der Waals surface area contributed by atoms with Gasteiger partial charge in [0.15, 0.2) is 0 Å². The van der Waals surface area contributed by atoms with Crippen LogP contribution in [-0.4, -0.2) is 17.6 Å². The second-order valence-electron chi connectivity index (χ2n) is 9.12. The van der Waals surface area contributed by atoms with Crippen LogP contribution in [0.15, 0.2) is 72.8 Å². The van der Waals surface area contributed by atoms with Crippen molar-refractivity contribution in [3.63, 3.8) is 0 Å². The normalized spacial score (nSPS) is 13.3. The fraction of sp³-hybridized carbons (Fsp3) is 0.433. The highest BCUT2D eigenvalue weighted by Gasteiger charge is 2.10. The molecule has 0 spiro atoms. The minimum absolute atomic E-state index is 0.0280. The largest absolute Gasteiger partial charge is 0.493 e. The van der Waals surface area contributed by atoms with Crippen LogP contribution in [0, 0.1) is 16.0 Å². The number of allylic oxidation sites excluding steroid dienone is 3. The molecule has 0 bridgehead atoms. The van der Waals surface area contributed by atoms with Gasteiger partial charge in [-0.25, -0.2) is 0 Å². The van der Waals surface area contributed by atoms with Crippen LogP contribution in [0.5, 0.6) is 5.75 Å². The van der Waals surface area contributed by atoms with Crippen LogP contribution in [-0.2, 0) is 22.8 Å². The third-order valence-corrected chi connectivity index (χ3v) is 6.25. The molecular weight excluding hydrogens is 504 g/mol. The number of carbonyl (C=O) groups is 1. The maximum atomic E-state index is 11.6. The monoisotopic (exact) mass is 542 g/mol. The number of hydrogen-bond donors (Lipinski definition) is 1. The number of rotatable bonds is 14. The van der Waals surface area contributed by atoms with Gasteiger partial charge in [0.2, 0.25) is 5.91 Å². The van der Waals surface area contributed by atoms with Crippen LogP contribution in [0.2, 0.25) is 5.02 Å². The molecule has 3 rings (SSSR count). The average Bonchev–Trinajstić information content (AvgIpc) is 3.43. The van der Waals surface area contributed by atoms with E-state index in [1.807, 2.05) is 55.5 Å². The van der Waals surface area contributed by atoms with Gasteiger partial charge in [0.1, 0.15) is 12.4 Å². The SMILES string of the molecule is C/C=C\CCCC(=O)NCc1ccc(CO[N+](=O)[O-])cc1.Clc1cccc(OCC/C=C/C2CCCC2)c1. The van der Waals surface area contributed by atoms with E-state index in [2.05, 4.69) is 22.3 Å². The Balaban J connectivity index is 0.000000272. The molecule has 1 saturated carbocycles. The van der Waals surface area contributed by atoms with Gasteiger partial charge in [-0.15, -0.1) is 10.1 Å². The second kappa shape index (κ2) is 18.9. The first kappa shape index (κ1) is 30.9. The van der Waals surface area contributed by atoms with Crippen molar-refractivity contribution in [3.8, 4) is 5.75 Å². The number of hydrogen-bond acceptors (Lipinski definition) is 5. The number of amides is 1. The van der Waals surface area contributed by atoms with E-state index in [1.165, 1.54) is 25.7 Å². The minimum atomic E-state index is -0.818. The zero-order chi connectivity index (χ0) is 27.4. The number of nitrogens with one attached hydrogen (secondary N) is 1. The molecule has 1 N–H and O–H groups in total. The van der Waals surface area contributed by atoms with Crippen LogP contribution in [0.3, 0.4) is 0 Å². The van der Waals surface area contributed by atoms with Crippen LogP contribution in [0.25, 0.3) is 0 Å². The third-order valence-electron chi connectivity index (χ3n) is 6.02. The van der Waals surface area contributed by atoms with Crippen molar-refractivity contribution in [1.82, 2.24) is 5.32 Å². The summed E-state index contributed by atoms with van der Waals surface area (Å²) in [5.74, 6) is 1.70. The molecule has 2 aromatic carbocycles. The molecule has 206 valence electrons. The Morgan fingerprint density at radius 1 is 1.11 bits per heavy atom. The highest BCUT2D eigenvalue weighted by atomic mass is 35.5. The summed E-state index contributed by atoms with van der Waals surface area (Å²) in [4.78, 5) is 25.9. The summed E-state index contributed by atoms with van der Waals surface area (Å²) in [5, 5.41) is 12.8.